The number of alkyl halides is 6. The van der Waals surface area contributed by atoms with E-state index in [0.29, 0.717) is 0 Å². The van der Waals surface area contributed by atoms with Gasteiger partial charge in [-0.1, -0.05) is 36.9 Å². The molecule has 0 spiro atoms. The molecule has 0 amide bonds. The highest BCUT2D eigenvalue weighted by Gasteiger charge is 2.88. The zero-order chi connectivity index (χ0) is 18.8. The first kappa shape index (κ1) is 18.6. The molecule has 0 aliphatic carbocycles. The van der Waals surface area contributed by atoms with Crippen LogP contribution in [0.15, 0.2) is 36.9 Å². The van der Waals surface area contributed by atoms with Crippen molar-refractivity contribution in [2.45, 2.75) is 16.4 Å². The van der Waals surface area contributed by atoms with Gasteiger partial charge in [-0.25, -0.2) is 0 Å². The number of sulfonamides is 2. The van der Waals surface area contributed by atoms with Crippen LogP contribution in [0.2, 0.25) is 0 Å². The van der Waals surface area contributed by atoms with Crippen LogP contribution < -0.4 is 0 Å². The predicted octanol–water partition coefficient (Wildman–Crippen LogP) is 2.45. The van der Waals surface area contributed by atoms with Crippen molar-refractivity contribution in [3.63, 3.8) is 0 Å². The normalized spacial score (nSPS) is 25.8. The lowest BCUT2D eigenvalue weighted by molar-refractivity contribution is -0.248. The molecule has 0 radical (unpaired) electrons. The van der Waals surface area contributed by atoms with Crippen LogP contribution in [0, 0.1) is 0 Å². The van der Waals surface area contributed by atoms with E-state index < -0.39 is 51.4 Å². The zero-order valence-electron chi connectivity index (χ0n) is 11.3. The van der Waals surface area contributed by atoms with E-state index in [2.05, 4.69) is 6.58 Å². The molecule has 1 aromatic rings. The van der Waals surface area contributed by atoms with Crippen LogP contribution in [-0.2, 0) is 20.0 Å². The maximum absolute atomic E-state index is 13.6. The fourth-order valence-corrected chi connectivity index (χ4v) is 5.63. The van der Waals surface area contributed by atoms with E-state index in [0.717, 1.165) is 12.1 Å². The van der Waals surface area contributed by atoms with E-state index in [1.807, 2.05) is 0 Å². The maximum Gasteiger partial charge on any atom is 0.434 e. The first-order chi connectivity index (χ1) is 10.6. The van der Waals surface area contributed by atoms with Gasteiger partial charge in [0.2, 0.25) is 0 Å². The van der Waals surface area contributed by atoms with E-state index >= 15 is 0 Å². The number of hydrogen-bond acceptors (Lipinski definition) is 4. The molecule has 1 aromatic carbocycles. The van der Waals surface area contributed by atoms with Crippen LogP contribution in [0.5, 0.6) is 0 Å². The Morgan fingerprint density at radius 2 is 1.21 bits per heavy atom. The smallest absolute Gasteiger partial charge is 0.199 e. The molecular formula is C11H7F6NO4S2. The molecule has 134 valence electrons. The summed E-state index contributed by atoms with van der Waals surface area (Å²) in [4.78, 5) is 0. The quantitative estimate of drug-likeness (QED) is 0.722. The number of halogens is 6. The van der Waals surface area contributed by atoms with Gasteiger partial charge in [-0.05, 0) is 5.56 Å². The fourth-order valence-electron chi connectivity index (χ4n) is 1.86. The van der Waals surface area contributed by atoms with Crippen LogP contribution in [0.25, 0.3) is 5.70 Å². The molecule has 2 rings (SSSR count). The van der Waals surface area contributed by atoms with Crippen LogP contribution in [0.4, 0.5) is 26.3 Å². The summed E-state index contributed by atoms with van der Waals surface area (Å²) in [7, 11) is -13.5. The van der Waals surface area contributed by atoms with Crippen molar-refractivity contribution in [3.8, 4) is 0 Å². The number of nitrogens with zero attached hydrogens (tertiary/aromatic N) is 1. The van der Waals surface area contributed by atoms with Crippen molar-refractivity contribution >= 4 is 25.7 Å². The minimum absolute atomic E-state index is 0.457. The SMILES string of the molecule is C=C(c1ccccc1)N1S(=O)(=O)C(F)(F)C(F)(F)C(F)(F)S1(=O)=O. The summed E-state index contributed by atoms with van der Waals surface area (Å²) in [6.07, 6.45) is 0. The van der Waals surface area contributed by atoms with Crippen LogP contribution in [0.3, 0.4) is 0 Å². The molecule has 5 nitrogen and oxygen atoms in total. The van der Waals surface area contributed by atoms with Gasteiger partial charge in [-0.15, -0.1) is 0 Å². The van der Waals surface area contributed by atoms with Gasteiger partial charge in [-0.3, -0.25) is 0 Å². The maximum atomic E-state index is 13.6. The van der Waals surface area contributed by atoms with E-state index in [4.69, 9.17) is 0 Å². The third-order valence-corrected chi connectivity index (χ3v) is 7.44. The highest BCUT2D eigenvalue weighted by Crippen LogP contribution is 2.58. The molecule has 0 aromatic heterocycles. The van der Waals surface area contributed by atoms with Crippen LogP contribution in [-0.4, -0.2) is 37.0 Å². The standard InChI is InChI=1S/C11H7F6NO4S2/c1-7(8-5-3-2-4-6-8)18-23(19,20)10(14,15)9(12,13)11(16,17)24(18,21)22/h2-6H,1H2. The molecule has 1 aliphatic rings. The van der Waals surface area contributed by atoms with Gasteiger partial charge >= 0.3 is 36.5 Å². The molecule has 1 aliphatic heterocycles. The number of benzene rings is 1. The summed E-state index contributed by atoms with van der Waals surface area (Å²) in [6, 6.07) is 5.67. The highest BCUT2D eigenvalue weighted by atomic mass is 32.3. The lowest BCUT2D eigenvalue weighted by atomic mass is 10.2. The summed E-state index contributed by atoms with van der Waals surface area (Å²) in [5.41, 5.74) is -1.80. The van der Waals surface area contributed by atoms with E-state index in [9.17, 15) is 43.2 Å². The van der Waals surface area contributed by atoms with E-state index in [1.54, 1.807) is 0 Å². The Morgan fingerprint density at radius 3 is 1.58 bits per heavy atom. The van der Waals surface area contributed by atoms with Gasteiger partial charge in [-0.2, -0.15) is 46.9 Å². The van der Waals surface area contributed by atoms with Gasteiger partial charge in [0.25, 0.3) is 0 Å². The first-order valence-corrected chi connectivity index (χ1v) is 8.69. The number of hydrogen-bond donors (Lipinski definition) is 0. The molecule has 0 N–H and O–H groups in total. The van der Waals surface area contributed by atoms with Gasteiger partial charge in [0.15, 0.2) is 0 Å². The molecule has 13 heteroatoms. The van der Waals surface area contributed by atoms with Gasteiger partial charge in [0.05, 0.1) is 5.70 Å². The minimum Gasteiger partial charge on any atom is -0.199 e. The molecule has 0 unspecified atom stereocenters. The molecule has 24 heavy (non-hydrogen) atoms. The van der Waals surface area contributed by atoms with Gasteiger partial charge in [0.1, 0.15) is 0 Å². The number of rotatable bonds is 2. The topological polar surface area (TPSA) is 71.5 Å². The Hall–Kier alpha value is -1.76. The largest absolute Gasteiger partial charge is 0.434 e. The summed E-state index contributed by atoms with van der Waals surface area (Å²) in [6.45, 7) is 2.87. The lowest BCUT2D eigenvalue weighted by Crippen LogP contribution is -2.71. The molecular weight excluding hydrogens is 388 g/mol. The third kappa shape index (κ3) is 1.93. The molecule has 1 fully saturated rings. The first-order valence-electron chi connectivity index (χ1n) is 5.81. The second-order valence-electron chi connectivity index (χ2n) is 4.63. The molecule has 0 saturated carbocycles. The van der Waals surface area contributed by atoms with Gasteiger partial charge in [0, 0.05) is 0 Å². The van der Waals surface area contributed by atoms with Crippen molar-refractivity contribution in [3.05, 3.63) is 42.5 Å². The Bertz CT molecular complexity index is 848. The van der Waals surface area contributed by atoms with Crippen molar-refractivity contribution in [2.24, 2.45) is 0 Å². The minimum atomic E-state index is -6.75. The molecule has 0 atom stereocenters. The fraction of sp³-hybridized carbons (Fsp3) is 0.273. The Kier molecular flexibility index (Phi) is 3.77. The van der Waals surface area contributed by atoms with E-state index in [1.165, 1.54) is 18.2 Å². The molecule has 1 heterocycles. The summed E-state index contributed by atoms with van der Waals surface area (Å²) < 4.78 is 126. The zero-order valence-corrected chi connectivity index (χ0v) is 12.9. The average Bonchev–Trinajstić information content (AvgIpc) is 2.45. The monoisotopic (exact) mass is 395 g/mol. The van der Waals surface area contributed by atoms with E-state index in [-0.39, 0.29) is 0 Å². The van der Waals surface area contributed by atoms with Crippen molar-refractivity contribution in [1.29, 1.82) is 0 Å². The van der Waals surface area contributed by atoms with Crippen LogP contribution in [0.1, 0.15) is 5.56 Å². The second kappa shape index (κ2) is 4.88. The highest BCUT2D eigenvalue weighted by molar-refractivity contribution is 8.06. The average molecular weight is 395 g/mol. The predicted molar refractivity (Wildman–Crippen MR) is 70.0 cm³/mol. The second-order valence-corrected chi connectivity index (χ2v) is 8.52. The molecule has 0 bridgehead atoms. The van der Waals surface area contributed by atoms with Gasteiger partial charge < -0.3 is 0 Å². The van der Waals surface area contributed by atoms with Crippen LogP contribution >= 0.6 is 0 Å². The Morgan fingerprint density at radius 1 is 0.833 bits per heavy atom. The third-order valence-electron chi connectivity index (χ3n) is 3.14. The van der Waals surface area contributed by atoms with Crippen molar-refractivity contribution in [2.75, 3.05) is 0 Å². The van der Waals surface area contributed by atoms with Crippen molar-refractivity contribution < 1.29 is 43.2 Å². The Balaban J connectivity index is 2.83. The summed E-state index contributed by atoms with van der Waals surface area (Å²) in [5.74, 6) is -6.68. The summed E-state index contributed by atoms with van der Waals surface area (Å²) >= 11 is 0. The summed E-state index contributed by atoms with van der Waals surface area (Å²) in [5, 5.41) is -12.8. The van der Waals surface area contributed by atoms with Crippen molar-refractivity contribution in [1.82, 2.24) is 3.71 Å². The molecule has 1 saturated heterocycles. The lowest BCUT2D eigenvalue weighted by Gasteiger charge is -2.41. The Labute approximate surface area is 132 Å².